The molecule has 0 atom stereocenters. The molecule has 0 aliphatic heterocycles. The summed E-state index contributed by atoms with van der Waals surface area (Å²) in [5, 5.41) is 0.580. The maximum absolute atomic E-state index is 6.13. The van der Waals surface area contributed by atoms with Crippen molar-refractivity contribution in [2.45, 2.75) is 9.79 Å². The molecule has 0 unspecified atom stereocenters. The third kappa shape index (κ3) is 2.92. The number of rotatable bonds is 4. The van der Waals surface area contributed by atoms with Crippen molar-refractivity contribution in [1.29, 1.82) is 0 Å². The standard InChI is InChI=1S/C14H13ClO2S/c1-16-12-9-13(17-2)14(8-11(12)15)18-10-6-4-3-5-7-10/h3-9H,1-2H3. The quantitative estimate of drug-likeness (QED) is 0.821. The van der Waals surface area contributed by atoms with Gasteiger partial charge >= 0.3 is 0 Å². The molecule has 0 spiro atoms. The number of benzene rings is 2. The summed E-state index contributed by atoms with van der Waals surface area (Å²) < 4.78 is 10.5. The molecular formula is C14H13ClO2S. The van der Waals surface area contributed by atoms with E-state index in [1.807, 2.05) is 36.4 Å². The lowest BCUT2D eigenvalue weighted by Crippen LogP contribution is -1.90. The Kier molecular flexibility index (Phi) is 4.39. The predicted molar refractivity (Wildman–Crippen MR) is 75.1 cm³/mol. The van der Waals surface area contributed by atoms with E-state index in [1.165, 1.54) is 0 Å². The van der Waals surface area contributed by atoms with Crippen LogP contribution in [-0.2, 0) is 0 Å². The summed E-state index contributed by atoms with van der Waals surface area (Å²) in [6.45, 7) is 0. The van der Waals surface area contributed by atoms with E-state index in [9.17, 15) is 0 Å². The lowest BCUT2D eigenvalue weighted by molar-refractivity contribution is 0.387. The highest BCUT2D eigenvalue weighted by Gasteiger charge is 2.10. The van der Waals surface area contributed by atoms with E-state index in [1.54, 1.807) is 32.0 Å². The van der Waals surface area contributed by atoms with Gasteiger partial charge in [-0.3, -0.25) is 0 Å². The SMILES string of the molecule is COc1cc(OC)c(Sc2ccccc2)cc1Cl. The van der Waals surface area contributed by atoms with Crippen molar-refractivity contribution in [3.8, 4) is 11.5 Å². The van der Waals surface area contributed by atoms with Gasteiger partial charge in [0, 0.05) is 11.0 Å². The van der Waals surface area contributed by atoms with Crippen LogP contribution >= 0.6 is 23.4 Å². The average Bonchev–Trinajstić information content (AvgIpc) is 2.40. The Labute approximate surface area is 116 Å². The Balaban J connectivity index is 2.35. The van der Waals surface area contributed by atoms with Crippen molar-refractivity contribution < 1.29 is 9.47 Å². The van der Waals surface area contributed by atoms with E-state index in [4.69, 9.17) is 21.1 Å². The zero-order valence-corrected chi connectivity index (χ0v) is 11.7. The summed E-state index contributed by atoms with van der Waals surface area (Å²) in [4.78, 5) is 2.10. The highest BCUT2D eigenvalue weighted by Crippen LogP contribution is 2.40. The van der Waals surface area contributed by atoms with Gasteiger partial charge in [-0.25, -0.2) is 0 Å². The fourth-order valence-corrected chi connectivity index (χ4v) is 2.80. The Morgan fingerprint density at radius 3 is 2.22 bits per heavy atom. The van der Waals surface area contributed by atoms with Gasteiger partial charge < -0.3 is 9.47 Å². The molecule has 0 saturated heterocycles. The number of methoxy groups -OCH3 is 2. The summed E-state index contributed by atoms with van der Waals surface area (Å²) in [5.41, 5.74) is 0. The van der Waals surface area contributed by atoms with Crippen molar-refractivity contribution in [3.05, 3.63) is 47.5 Å². The van der Waals surface area contributed by atoms with E-state index in [2.05, 4.69) is 0 Å². The van der Waals surface area contributed by atoms with Crippen molar-refractivity contribution in [1.82, 2.24) is 0 Å². The summed E-state index contributed by atoms with van der Waals surface area (Å²) in [5.74, 6) is 1.37. The van der Waals surface area contributed by atoms with Crippen LogP contribution in [-0.4, -0.2) is 14.2 Å². The van der Waals surface area contributed by atoms with Crippen molar-refractivity contribution in [2.75, 3.05) is 14.2 Å². The first-order valence-corrected chi connectivity index (χ1v) is 6.58. The van der Waals surface area contributed by atoms with Gasteiger partial charge in [-0.15, -0.1) is 0 Å². The van der Waals surface area contributed by atoms with Gasteiger partial charge in [0.05, 0.1) is 24.1 Å². The molecule has 0 radical (unpaired) electrons. The number of hydrogen-bond donors (Lipinski definition) is 0. The van der Waals surface area contributed by atoms with Gasteiger partial charge in [0.25, 0.3) is 0 Å². The first kappa shape index (κ1) is 13.1. The molecule has 0 aromatic heterocycles. The van der Waals surface area contributed by atoms with Gasteiger partial charge in [-0.05, 0) is 18.2 Å². The second-order valence-corrected chi connectivity index (χ2v) is 5.08. The summed E-state index contributed by atoms with van der Waals surface area (Å²) in [7, 11) is 3.22. The number of hydrogen-bond acceptors (Lipinski definition) is 3. The minimum absolute atomic E-state index is 0.580. The van der Waals surface area contributed by atoms with E-state index >= 15 is 0 Å². The Morgan fingerprint density at radius 1 is 0.944 bits per heavy atom. The molecule has 2 rings (SSSR count). The van der Waals surface area contributed by atoms with Crippen LogP contribution < -0.4 is 9.47 Å². The molecule has 0 bridgehead atoms. The first-order chi connectivity index (χ1) is 8.74. The van der Waals surface area contributed by atoms with Crippen LogP contribution in [0.1, 0.15) is 0 Å². The molecule has 18 heavy (non-hydrogen) atoms. The van der Waals surface area contributed by atoms with Crippen LogP contribution in [0.15, 0.2) is 52.3 Å². The zero-order chi connectivity index (χ0) is 13.0. The molecule has 2 nitrogen and oxygen atoms in total. The van der Waals surface area contributed by atoms with Crippen LogP contribution in [0.25, 0.3) is 0 Å². The van der Waals surface area contributed by atoms with Crippen LogP contribution in [0.2, 0.25) is 5.02 Å². The van der Waals surface area contributed by atoms with Gasteiger partial charge in [-0.1, -0.05) is 41.6 Å². The molecular weight excluding hydrogens is 268 g/mol. The Hall–Kier alpha value is -1.32. The monoisotopic (exact) mass is 280 g/mol. The van der Waals surface area contributed by atoms with Gasteiger partial charge in [0.15, 0.2) is 0 Å². The second kappa shape index (κ2) is 6.03. The van der Waals surface area contributed by atoms with E-state index < -0.39 is 0 Å². The van der Waals surface area contributed by atoms with Crippen LogP contribution in [0.5, 0.6) is 11.5 Å². The molecule has 0 aliphatic rings. The topological polar surface area (TPSA) is 18.5 Å². The molecule has 94 valence electrons. The van der Waals surface area contributed by atoms with Crippen molar-refractivity contribution >= 4 is 23.4 Å². The molecule has 0 amide bonds. The highest BCUT2D eigenvalue weighted by molar-refractivity contribution is 7.99. The van der Waals surface area contributed by atoms with E-state index in [0.29, 0.717) is 10.8 Å². The molecule has 0 saturated carbocycles. The van der Waals surface area contributed by atoms with Crippen molar-refractivity contribution in [3.63, 3.8) is 0 Å². The van der Waals surface area contributed by atoms with Gasteiger partial charge in [0.2, 0.25) is 0 Å². The van der Waals surface area contributed by atoms with Gasteiger partial charge in [0.1, 0.15) is 11.5 Å². The zero-order valence-electron chi connectivity index (χ0n) is 10.1. The smallest absolute Gasteiger partial charge is 0.141 e. The van der Waals surface area contributed by atoms with Gasteiger partial charge in [-0.2, -0.15) is 0 Å². The van der Waals surface area contributed by atoms with Crippen LogP contribution in [0.4, 0.5) is 0 Å². The van der Waals surface area contributed by atoms with E-state index in [0.717, 1.165) is 15.5 Å². The minimum atomic E-state index is 0.580. The lowest BCUT2D eigenvalue weighted by Gasteiger charge is -2.11. The fourth-order valence-electron chi connectivity index (χ4n) is 1.53. The minimum Gasteiger partial charge on any atom is -0.495 e. The maximum atomic E-state index is 6.13. The number of ether oxygens (including phenoxy) is 2. The third-order valence-electron chi connectivity index (χ3n) is 2.41. The Bertz CT molecular complexity index is 529. The second-order valence-electron chi connectivity index (χ2n) is 3.55. The molecule has 2 aromatic carbocycles. The summed E-state index contributed by atoms with van der Waals surface area (Å²) in [6.07, 6.45) is 0. The summed E-state index contributed by atoms with van der Waals surface area (Å²) in [6, 6.07) is 13.7. The average molecular weight is 281 g/mol. The third-order valence-corrected chi connectivity index (χ3v) is 3.75. The van der Waals surface area contributed by atoms with Crippen molar-refractivity contribution in [2.24, 2.45) is 0 Å². The molecule has 0 fully saturated rings. The largest absolute Gasteiger partial charge is 0.495 e. The Morgan fingerprint density at radius 2 is 1.61 bits per heavy atom. The number of halogens is 1. The van der Waals surface area contributed by atoms with Crippen LogP contribution in [0.3, 0.4) is 0 Å². The normalized spacial score (nSPS) is 10.2. The molecule has 2 aromatic rings. The maximum Gasteiger partial charge on any atom is 0.141 e. The molecule has 4 heteroatoms. The molecule has 0 N–H and O–H groups in total. The van der Waals surface area contributed by atoms with Crippen LogP contribution in [0, 0.1) is 0 Å². The summed E-state index contributed by atoms with van der Waals surface area (Å²) >= 11 is 7.74. The molecule has 0 heterocycles. The fraction of sp³-hybridized carbons (Fsp3) is 0.143. The predicted octanol–water partition coefficient (Wildman–Crippen LogP) is 4.51. The lowest BCUT2D eigenvalue weighted by atomic mass is 10.3. The first-order valence-electron chi connectivity index (χ1n) is 5.39. The van der Waals surface area contributed by atoms with E-state index in [-0.39, 0.29) is 0 Å². The highest BCUT2D eigenvalue weighted by atomic mass is 35.5. The molecule has 0 aliphatic carbocycles.